The van der Waals surface area contributed by atoms with Crippen molar-refractivity contribution in [2.45, 2.75) is 44.9 Å². The molecule has 1 saturated carbocycles. The summed E-state index contributed by atoms with van der Waals surface area (Å²) in [4.78, 5) is 14.1. The largest absolute Gasteiger partial charge is 0.396 e. The summed E-state index contributed by atoms with van der Waals surface area (Å²) >= 11 is 0. The number of amides is 1. The Balaban J connectivity index is 1.54. The van der Waals surface area contributed by atoms with E-state index in [1.54, 1.807) is 0 Å². The molecule has 0 bridgehead atoms. The van der Waals surface area contributed by atoms with Crippen LogP contribution in [-0.2, 0) is 4.79 Å². The Morgan fingerprint density at radius 1 is 1.16 bits per heavy atom. The molecular weight excluding hydrogens is 240 g/mol. The first-order chi connectivity index (χ1) is 9.28. The van der Waals surface area contributed by atoms with Crippen LogP contribution in [0.4, 0.5) is 0 Å². The number of hydrogen-bond donors (Lipinski definition) is 2. The van der Waals surface area contributed by atoms with E-state index in [1.165, 1.54) is 32.1 Å². The second kappa shape index (κ2) is 7.85. The second-order valence-corrected chi connectivity index (χ2v) is 6.20. The fourth-order valence-electron chi connectivity index (χ4n) is 3.26. The molecule has 1 saturated heterocycles. The standard InChI is InChI=1S/C15H28N2O2/c18-12-14-6-8-17(11-14)9-7-15(19)16-10-13-4-2-1-3-5-13/h13-14,18H,1-12H2,(H,16,19). The average Bonchev–Trinajstić information content (AvgIpc) is 2.92. The molecule has 1 aliphatic heterocycles. The molecular formula is C15H28N2O2. The molecule has 0 spiro atoms. The zero-order valence-corrected chi connectivity index (χ0v) is 11.9. The topological polar surface area (TPSA) is 52.6 Å². The van der Waals surface area contributed by atoms with Crippen LogP contribution in [0.15, 0.2) is 0 Å². The van der Waals surface area contributed by atoms with Gasteiger partial charge in [-0.3, -0.25) is 4.79 Å². The van der Waals surface area contributed by atoms with Crippen molar-refractivity contribution in [1.29, 1.82) is 0 Å². The number of aliphatic hydroxyl groups excluding tert-OH is 1. The highest BCUT2D eigenvalue weighted by Gasteiger charge is 2.22. The highest BCUT2D eigenvalue weighted by Crippen LogP contribution is 2.22. The van der Waals surface area contributed by atoms with Crippen molar-refractivity contribution in [2.24, 2.45) is 11.8 Å². The van der Waals surface area contributed by atoms with E-state index in [0.717, 1.165) is 32.6 Å². The van der Waals surface area contributed by atoms with E-state index in [4.69, 9.17) is 5.11 Å². The Bertz CT molecular complexity index is 277. The van der Waals surface area contributed by atoms with Gasteiger partial charge in [-0.1, -0.05) is 19.3 Å². The van der Waals surface area contributed by atoms with E-state index in [-0.39, 0.29) is 12.5 Å². The summed E-state index contributed by atoms with van der Waals surface area (Å²) in [6, 6.07) is 0. The quantitative estimate of drug-likeness (QED) is 0.765. The van der Waals surface area contributed by atoms with Crippen LogP contribution < -0.4 is 5.32 Å². The predicted octanol–water partition coefficient (Wildman–Crippen LogP) is 1.39. The zero-order chi connectivity index (χ0) is 13.5. The fraction of sp³-hybridized carbons (Fsp3) is 0.933. The summed E-state index contributed by atoms with van der Waals surface area (Å²) in [5, 5.41) is 12.2. The molecule has 2 rings (SSSR count). The second-order valence-electron chi connectivity index (χ2n) is 6.20. The molecule has 1 heterocycles. The Morgan fingerprint density at radius 3 is 2.63 bits per heavy atom. The van der Waals surface area contributed by atoms with Crippen LogP contribution in [0.5, 0.6) is 0 Å². The first kappa shape index (κ1) is 14.8. The van der Waals surface area contributed by atoms with Gasteiger partial charge in [-0.05, 0) is 37.6 Å². The summed E-state index contributed by atoms with van der Waals surface area (Å²) in [6.07, 6.45) is 8.26. The maximum Gasteiger partial charge on any atom is 0.221 e. The summed E-state index contributed by atoms with van der Waals surface area (Å²) in [7, 11) is 0. The maximum absolute atomic E-state index is 11.8. The molecule has 2 fully saturated rings. The lowest BCUT2D eigenvalue weighted by Crippen LogP contribution is -2.33. The number of nitrogens with zero attached hydrogens (tertiary/aromatic N) is 1. The van der Waals surface area contributed by atoms with Crippen LogP contribution in [-0.4, -0.2) is 48.7 Å². The minimum absolute atomic E-state index is 0.193. The third-order valence-corrected chi connectivity index (χ3v) is 4.60. The van der Waals surface area contributed by atoms with Gasteiger partial charge in [0, 0.05) is 32.7 Å². The molecule has 2 aliphatic rings. The minimum Gasteiger partial charge on any atom is -0.396 e. The Morgan fingerprint density at radius 2 is 1.95 bits per heavy atom. The lowest BCUT2D eigenvalue weighted by molar-refractivity contribution is -0.121. The summed E-state index contributed by atoms with van der Waals surface area (Å²) in [5.74, 6) is 1.33. The normalized spacial score (nSPS) is 25.6. The molecule has 110 valence electrons. The van der Waals surface area contributed by atoms with E-state index >= 15 is 0 Å². The van der Waals surface area contributed by atoms with Gasteiger partial charge in [0.25, 0.3) is 0 Å². The molecule has 1 atom stereocenters. The van der Waals surface area contributed by atoms with Gasteiger partial charge in [0.2, 0.25) is 5.91 Å². The van der Waals surface area contributed by atoms with Gasteiger partial charge in [0.05, 0.1) is 0 Å². The van der Waals surface area contributed by atoms with Crippen molar-refractivity contribution in [3.8, 4) is 0 Å². The predicted molar refractivity (Wildman–Crippen MR) is 75.8 cm³/mol. The minimum atomic E-state index is 0.193. The lowest BCUT2D eigenvalue weighted by Gasteiger charge is -2.22. The average molecular weight is 268 g/mol. The molecule has 1 unspecified atom stereocenters. The van der Waals surface area contributed by atoms with Crippen molar-refractivity contribution < 1.29 is 9.90 Å². The molecule has 19 heavy (non-hydrogen) atoms. The molecule has 0 aromatic rings. The number of aliphatic hydroxyl groups is 1. The van der Waals surface area contributed by atoms with Crippen LogP contribution in [0, 0.1) is 11.8 Å². The molecule has 4 heteroatoms. The molecule has 0 aromatic heterocycles. The number of carbonyl (C=O) groups excluding carboxylic acids is 1. The van der Waals surface area contributed by atoms with Crippen molar-refractivity contribution >= 4 is 5.91 Å². The Hall–Kier alpha value is -0.610. The van der Waals surface area contributed by atoms with Gasteiger partial charge in [0.1, 0.15) is 0 Å². The van der Waals surface area contributed by atoms with Gasteiger partial charge in [-0.25, -0.2) is 0 Å². The molecule has 1 amide bonds. The number of nitrogens with one attached hydrogen (secondary N) is 1. The first-order valence-corrected chi connectivity index (χ1v) is 7.88. The third-order valence-electron chi connectivity index (χ3n) is 4.60. The van der Waals surface area contributed by atoms with Crippen LogP contribution in [0.1, 0.15) is 44.9 Å². The molecule has 0 aromatic carbocycles. The van der Waals surface area contributed by atoms with E-state index in [2.05, 4.69) is 10.2 Å². The van der Waals surface area contributed by atoms with Crippen LogP contribution in [0.2, 0.25) is 0 Å². The summed E-state index contributed by atoms with van der Waals surface area (Å²) in [6.45, 7) is 3.98. The number of carbonyl (C=O) groups is 1. The van der Waals surface area contributed by atoms with E-state index in [1.807, 2.05) is 0 Å². The first-order valence-electron chi connectivity index (χ1n) is 7.88. The summed E-state index contributed by atoms with van der Waals surface area (Å²) < 4.78 is 0. The number of rotatable bonds is 6. The summed E-state index contributed by atoms with van der Waals surface area (Å²) in [5.41, 5.74) is 0. The van der Waals surface area contributed by atoms with E-state index in [9.17, 15) is 4.79 Å². The molecule has 1 aliphatic carbocycles. The smallest absolute Gasteiger partial charge is 0.221 e. The van der Waals surface area contributed by atoms with Gasteiger partial charge < -0.3 is 15.3 Å². The van der Waals surface area contributed by atoms with Gasteiger partial charge >= 0.3 is 0 Å². The molecule has 0 radical (unpaired) electrons. The maximum atomic E-state index is 11.8. The van der Waals surface area contributed by atoms with Crippen LogP contribution >= 0.6 is 0 Å². The van der Waals surface area contributed by atoms with Crippen molar-refractivity contribution in [2.75, 3.05) is 32.8 Å². The van der Waals surface area contributed by atoms with Crippen molar-refractivity contribution in [3.05, 3.63) is 0 Å². The molecule has 2 N–H and O–H groups in total. The lowest BCUT2D eigenvalue weighted by atomic mass is 9.89. The van der Waals surface area contributed by atoms with Crippen molar-refractivity contribution in [1.82, 2.24) is 10.2 Å². The number of likely N-dealkylation sites (tertiary alicyclic amines) is 1. The Labute approximate surface area is 116 Å². The van der Waals surface area contributed by atoms with Gasteiger partial charge in [-0.2, -0.15) is 0 Å². The highest BCUT2D eigenvalue weighted by atomic mass is 16.3. The monoisotopic (exact) mass is 268 g/mol. The van der Waals surface area contributed by atoms with Gasteiger partial charge in [-0.15, -0.1) is 0 Å². The van der Waals surface area contributed by atoms with Crippen LogP contribution in [0.25, 0.3) is 0 Å². The highest BCUT2D eigenvalue weighted by molar-refractivity contribution is 5.76. The Kier molecular flexibility index (Phi) is 6.11. The van der Waals surface area contributed by atoms with Crippen LogP contribution in [0.3, 0.4) is 0 Å². The molecule has 4 nitrogen and oxygen atoms in total. The zero-order valence-electron chi connectivity index (χ0n) is 11.9. The van der Waals surface area contributed by atoms with E-state index < -0.39 is 0 Å². The third kappa shape index (κ3) is 5.11. The number of hydrogen-bond acceptors (Lipinski definition) is 3. The van der Waals surface area contributed by atoms with Gasteiger partial charge in [0.15, 0.2) is 0 Å². The van der Waals surface area contributed by atoms with Crippen molar-refractivity contribution in [3.63, 3.8) is 0 Å². The van der Waals surface area contributed by atoms with E-state index in [0.29, 0.717) is 18.3 Å². The fourth-order valence-corrected chi connectivity index (χ4v) is 3.26. The SMILES string of the molecule is O=C(CCN1CCC(CO)C1)NCC1CCCCC1.